The van der Waals surface area contributed by atoms with E-state index in [1.165, 1.54) is 38.5 Å². The van der Waals surface area contributed by atoms with E-state index in [0.29, 0.717) is 46.3 Å². The van der Waals surface area contributed by atoms with Crippen LogP contribution in [0.3, 0.4) is 0 Å². The molecule has 0 aliphatic heterocycles. The Kier molecular flexibility index (Phi) is 7.02. The molecule has 0 bridgehead atoms. The summed E-state index contributed by atoms with van der Waals surface area (Å²) in [5, 5.41) is 12.2. The molecule has 1 aliphatic rings. The van der Waals surface area contributed by atoms with Crippen LogP contribution < -0.4 is 10.1 Å². The second kappa shape index (κ2) is 11.3. The third-order valence-corrected chi connectivity index (χ3v) is 8.18. The van der Waals surface area contributed by atoms with E-state index >= 15 is 0 Å². The van der Waals surface area contributed by atoms with Gasteiger partial charge in [-0.1, -0.05) is 19.3 Å². The number of fused-ring (bicyclic) bond motifs is 2. The Morgan fingerprint density at radius 3 is 2.67 bits per heavy atom. The first kappa shape index (κ1) is 26.8. The summed E-state index contributed by atoms with van der Waals surface area (Å²) in [5.41, 5.74) is 6.53. The predicted molar refractivity (Wildman–Crippen MR) is 164 cm³/mol. The number of rotatable bonds is 7. The second-order valence-electron chi connectivity index (χ2n) is 11.1. The Morgan fingerprint density at radius 2 is 1.81 bits per heavy atom. The Morgan fingerprint density at radius 1 is 0.953 bits per heavy atom. The maximum Gasteiger partial charge on any atom is 0.224 e. The van der Waals surface area contributed by atoms with E-state index in [9.17, 15) is 9.18 Å². The van der Waals surface area contributed by atoms with Crippen LogP contribution in [0, 0.1) is 11.7 Å². The molecule has 9 nitrogen and oxygen atoms in total. The van der Waals surface area contributed by atoms with Crippen LogP contribution >= 0.6 is 0 Å². The quantitative estimate of drug-likeness (QED) is 0.184. The van der Waals surface area contributed by atoms with Crippen LogP contribution in [0.4, 0.5) is 10.1 Å². The Hall–Kier alpha value is -5.12. The van der Waals surface area contributed by atoms with E-state index in [2.05, 4.69) is 35.5 Å². The third kappa shape index (κ3) is 5.43. The van der Waals surface area contributed by atoms with Crippen molar-refractivity contribution in [3.63, 3.8) is 0 Å². The summed E-state index contributed by atoms with van der Waals surface area (Å²) >= 11 is 0. The van der Waals surface area contributed by atoms with Crippen LogP contribution in [0.25, 0.3) is 55.7 Å². The zero-order valence-corrected chi connectivity index (χ0v) is 23.7. The third-order valence-electron chi connectivity index (χ3n) is 8.18. The van der Waals surface area contributed by atoms with Crippen LogP contribution in [0.5, 0.6) is 5.75 Å². The Bertz CT molecular complexity index is 1960. The van der Waals surface area contributed by atoms with Crippen molar-refractivity contribution in [1.82, 2.24) is 30.1 Å². The van der Waals surface area contributed by atoms with Crippen molar-refractivity contribution in [2.75, 3.05) is 12.4 Å². The molecule has 0 atom stereocenters. The molecule has 216 valence electrons. The summed E-state index contributed by atoms with van der Waals surface area (Å²) in [5.74, 6) is 0.549. The minimum Gasteiger partial charge on any atom is -0.497 e. The van der Waals surface area contributed by atoms with Gasteiger partial charge in [-0.3, -0.25) is 14.9 Å². The van der Waals surface area contributed by atoms with Crippen molar-refractivity contribution in [3.8, 4) is 39.4 Å². The van der Waals surface area contributed by atoms with Gasteiger partial charge < -0.3 is 15.0 Å². The van der Waals surface area contributed by atoms with Gasteiger partial charge in [0.05, 0.1) is 24.7 Å². The van der Waals surface area contributed by atoms with E-state index in [1.807, 2.05) is 24.3 Å². The van der Waals surface area contributed by atoms with Crippen LogP contribution in [0.15, 0.2) is 67.3 Å². The molecular formula is C33H30FN7O2. The molecule has 0 saturated heterocycles. The lowest BCUT2D eigenvalue weighted by molar-refractivity contribution is -0.117. The molecule has 1 fully saturated rings. The number of anilines is 1. The monoisotopic (exact) mass is 575 g/mol. The normalized spacial score (nSPS) is 13.9. The Labute approximate surface area is 247 Å². The summed E-state index contributed by atoms with van der Waals surface area (Å²) < 4.78 is 19.6. The maximum atomic E-state index is 14.3. The molecule has 10 heteroatoms. The van der Waals surface area contributed by atoms with Gasteiger partial charge in [0.2, 0.25) is 5.91 Å². The molecule has 7 rings (SSSR count). The lowest BCUT2D eigenvalue weighted by Gasteiger charge is -2.20. The topological polar surface area (TPSA) is 121 Å². The van der Waals surface area contributed by atoms with Gasteiger partial charge in [0.25, 0.3) is 0 Å². The standard InChI is InChI=1S/C33H30FN7O2/c1-43-25-12-20(10-23(34)14-25)26-7-8-36-32-27(26)15-29(39-32)31-28-13-22(17-37-33(28)41-40-31)21-11-24(18-35-16-21)38-30(42)9-19-5-3-2-4-6-19/h7-8,10-19H,2-6,9H2,1H3,(H,36,39)(H,38,42)(H,37,40,41). The molecule has 0 radical (unpaired) electrons. The predicted octanol–water partition coefficient (Wildman–Crippen LogP) is 7.29. The minimum absolute atomic E-state index is 0.0278. The van der Waals surface area contributed by atoms with Crippen LogP contribution in [-0.2, 0) is 4.79 Å². The molecular weight excluding hydrogens is 545 g/mol. The molecule has 43 heavy (non-hydrogen) atoms. The number of aromatic amines is 2. The fourth-order valence-corrected chi connectivity index (χ4v) is 6.04. The first-order chi connectivity index (χ1) is 21.0. The van der Waals surface area contributed by atoms with E-state index in [0.717, 1.165) is 46.0 Å². The first-order valence-corrected chi connectivity index (χ1v) is 14.5. The van der Waals surface area contributed by atoms with Crippen LogP contribution in [0.2, 0.25) is 0 Å². The fourth-order valence-electron chi connectivity index (χ4n) is 6.04. The number of nitrogens with one attached hydrogen (secondary N) is 3. The van der Waals surface area contributed by atoms with Gasteiger partial charge in [-0.15, -0.1) is 0 Å². The number of hydrogen-bond donors (Lipinski definition) is 3. The second-order valence-corrected chi connectivity index (χ2v) is 11.1. The summed E-state index contributed by atoms with van der Waals surface area (Å²) in [7, 11) is 1.51. The average molecular weight is 576 g/mol. The van der Waals surface area contributed by atoms with Gasteiger partial charge in [0, 0.05) is 53.0 Å². The summed E-state index contributed by atoms with van der Waals surface area (Å²) in [4.78, 5) is 29.6. The number of aromatic nitrogens is 6. The lowest BCUT2D eigenvalue weighted by atomic mass is 9.87. The molecule has 1 amide bonds. The smallest absolute Gasteiger partial charge is 0.224 e. The molecule has 0 spiro atoms. The van der Waals surface area contributed by atoms with Gasteiger partial charge in [-0.05, 0) is 66.3 Å². The molecule has 5 heterocycles. The molecule has 0 unspecified atom stereocenters. The number of hydrogen-bond acceptors (Lipinski definition) is 6. The molecule has 1 aromatic carbocycles. The van der Waals surface area contributed by atoms with Gasteiger partial charge >= 0.3 is 0 Å². The average Bonchev–Trinajstić information content (AvgIpc) is 3.65. The van der Waals surface area contributed by atoms with Crippen molar-refractivity contribution < 1.29 is 13.9 Å². The van der Waals surface area contributed by atoms with Gasteiger partial charge in [-0.25, -0.2) is 14.4 Å². The highest BCUT2D eigenvalue weighted by Crippen LogP contribution is 2.35. The fraction of sp³-hybridized carbons (Fsp3) is 0.242. The van der Waals surface area contributed by atoms with E-state index in [1.54, 1.807) is 30.9 Å². The molecule has 1 aliphatic carbocycles. The maximum absolute atomic E-state index is 14.3. The van der Waals surface area contributed by atoms with E-state index < -0.39 is 0 Å². The Balaban J connectivity index is 1.20. The largest absolute Gasteiger partial charge is 0.497 e. The highest BCUT2D eigenvalue weighted by Gasteiger charge is 2.19. The number of H-pyrrole nitrogens is 2. The van der Waals surface area contributed by atoms with E-state index in [-0.39, 0.29) is 11.7 Å². The zero-order chi connectivity index (χ0) is 29.3. The van der Waals surface area contributed by atoms with Crippen molar-refractivity contribution in [1.29, 1.82) is 0 Å². The lowest BCUT2D eigenvalue weighted by Crippen LogP contribution is -2.18. The van der Waals surface area contributed by atoms with E-state index in [4.69, 9.17) is 4.74 Å². The van der Waals surface area contributed by atoms with Gasteiger partial charge in [0.1, 0.15) is 22.9 Å². The number of ether oxygens (including phenoxy) is 1. The first-order valence-electron chi connectivity index (χ1n) is 14.5. The zero-order valence-electron chi connectivity index (χ0n) is 23.7. The van der Waals surface area contributed by atoms with Gasteiger partial charge in [0.15, 0.2) is 5.65 Å². The number of pyridine rings is 3. The molecule has 6 aromatic rings. The number of benzene rings is 1. The summed E-state index contributed by atoms with van der Waals surface area (Å²) in [6.07, 6.45) is 13.3. The van der Waals surface area contributed by atoms with Gasteiger partial charge in [-0.2, -0.15) is 5.10 Å². The summed E-state index contributed by atoms with van der Waals surface area (Å²) in [6, 6.07) is 12.4. The summed E-state index contributed by atoms with van der Waals surface area (Å²) in [6.45, 7) is 0. The number of amides is 1. The highest BCUT2D eigenvalue weighted by molar-refractivity contribution is 6.00. The minimum atomic E-state index is -0.380. The highest BCUT2D eigenvalue weighted by atomic mass is 19.1. The van der Waals surface area contributed by atoms with Crippen molar-refractivity contribution in [2.24, 2.45) is 5.92 Å². The van der Waals surface area contributed by atoms with Crippen molar-refractivity contribution in [2.45, 2.75) is 38.5 Å². The SMILES string of the molecule is COc1cc(F)cc(-c2ccnc3[nH]c(-c4n[nH]c5ncc(-c6cncc(NC(=O)CC7CCCCC7)c6)cc45)cc23)c1. The van der Waals surface area contributed by atoms with Crippen molar-refractivity contribution in [3.05, 3.63) is 73.1 Å². The van der Waals surface area contributed by atoms with Crippen LogP contribution in [-0.4, -0.2) is 43.2 Å². The van der Waals surface area contributed by atoms with Crippen LogP contribution in [0.1, 0.15) is 38.5 Å². The molecule has 5 aromatic heterocycles. The number of halogens is 1. The number of carbonyl (C=O) groups is 1. The van der Waals surface area contributed by atoms with Crippen molar-refractivity contribution >= 4 is 33.7 Å². The molecule has 1 saturated carbocycles. The molecule has 3 N–H and O–H groups in total. The number of carbonyl (C=O) groups excluding carboxylic acids is 1. The number of nitrogens with zero attached hydrogens (tertiary/aromatic N) is 4. The number of methoxy groups -OCH3 is 1.